The lowest BCUT2D eigenvalue weighted by molar-refractivity contribution is 0.0182. The molecule has 3 N–H and O–H groups in total. The van der Waals surface area contributed by atoms with E-state index in [1.165, 1.54) is 4.90 Å². The molecule has 3 atom stereocenters. The lowest BCUT2D eigenvalue weighted by Crippen LogP contribution is -2.40. The zero-order chi connectivity index (χ0) is 18.6. The molecule has 3 nitrogen and oxygen atoms in total. The molecule has 0 spiro atoms. The zero-order valence-electron chi connectivity index (χ0n) is 15.6. The van der Waals surface area contributed by atoms with E-state index in [2.05, 4.69) is 37.5 Å². The van der Waals surface area contributed by atoms with Crippen LogP contribution in [-0.4, -0.2) is 22.2 Å². The van der Waals surface area contributed by atoms with Crippen molar-refractivity contribution in [3.63, 3.8) is 0 Å². The van der Waals surface area contributed by atoms with Crippen LogP contribution >= 0.6 is 11.8 Å². The Hall–Kier alpha value is -1.49. The van der Waals surface area contributed by atoms with Gasteiger partial charge in [0.1, 0.15) is 0 Å². The van der Waals surface area contributed by atoms with Crippen molar-refractivity contribution in [2.24, 2.45) is 5.41 Å². The molecule has 3 rings (SSSR count). The molecule has 0 amide bonds. The van der Waals surface area contributed by atoms with Crippen molar-refractivity contribution in [1.29, 1.82) is 0 Å². The molecule has 2 aromatic rings. The van der Waals surface area contributed by atoms with Gasteiger partial charge in [-0.05, 0) is 42.2 Å². The molecule has 0 saturated heterocycles. The molecule has 1 heterocycles. The molecule has 0 saturated carbocycles. The van der Waals surface area contributed by atoms with Gasteiger partial charge in [-0.1, -0.05) is 57.0 Å². The Morgan fingerprint density at radius 3 is 2.58 bits per heavy atom. The van der Waals surface area contributed by atoms with Crippen LogP contribution in [0.3, 0.4) is 0 Å². The largest absolute Gasteiger partial charge is 0.392 e. The summed E-state index contributed by atoms with van der Waals surface area (Å²) in [6.45, 7) is 4.42. The van der Waals surface area contributed by atoms with Crippen molar-refractivity contribution in [2.75, 3.05) is 11.2 Å². The molecule has 1 aliphatic heterocycles. The van der Waals surface area contributed by atoms with Crippen LogP contribution in [0.1, 0.15) is 56.6 Å². The number of thioether (sulfide) groups is 1. The first kappa shape index (κ1) is 19.3. The van der Waals surface area contributed by atoms with E-state index >= 15 is 0 Å². The first-order chi connectivity index (χ1) is 12.6. The fourth-order valence-electron chi connectivity index (χ4n) is 4.08. The third-order valence-electron chi connectivity index (χ3n) is 5.82. The topological polar surface area (TPSA) is 52.5 Å². The predicted octanol–water partition coefficient (Wildman–Crippen LogP) is 5.67. The number of hydrogen-bond donors (Lipinski definition) is 3. The third kappa shape index (κ3) is 3.64. The SMILES string of the molecule is CCCC[C@@]1(CC)CSc2ccc(NO)cc2[C@@H](c2ccccc2)[C@H]1O. The quantitative estimate of drug-likeness (QED) is 0.572. The summed E-state index contributed by atoms with van der Waals surface area (Å²) >= 11 is 1.84. The van der Waals surface area contributed by atoms with Gasteiger partial charge in [0.25, 0.3) is 0 Å². The molecule has 0 radical (unpaired) electrons. The van der Waals surface area contributed by atoms with Gasteiger partial charge in [0.05, 0.1) is 11.8 Å². The second-order valence-electron chi connectivity index (χ2n) is 7.31. The van der Waals surface area contributed by atoms with Crippen molar-refractivity contribution in [2.45, 2.75) is 56.4 Å². The van der Waals surface area contributed by atoms with Crippen molar-refractivity contribution in [1.82, 2.24) is 0 Å². The van der Waals surface area contributed by atoms with Crippen molar-refractivity contribution in [3.8, 4) is 0 Å². The van der Waals surface area contributed by atoms with Crippen LogP contribution in [0.5, 0.6) is 0 Å². The first-order valence-electron chi connectivity index (χ1n) is 9.55. The second-order valence-corrected chi connectivity index (χ2v) is 8.32. The highest BCUT2D eigenvalue weighted by molar-refractivity contribution is 7.99. The van der Waals surface area contributed by atoms with Gasteiger partial charge in [0.15, 0.2) is 0 Å². The van der Waals surface area contributed by atoms with Gasteiger partial charge in [0, 0.05) is 22.0 Å². The summed E-state index contributed by atoms with van der Waals surface area (Å²) in [4.78, 5) is 1.20. The van der Waals surface area contributed by atoms with E-state index in [0.29, 0.717) is 5.69 Å². The molecule has 26 heavy (non-hydrogen) atoms. The van der Waals surface area contributed by atoms with Gasteiger partial charge in [-0.2, -0.15) is 0 Å². The van der Waals surface area contributed by atoms with E-state index in [4.69, 9.17) is 0 Å². The minimum absolute atomic E-state index is 0.0914. The van der Waals surface area contributed by atoms with E-state index in [1.807, 2.05) is 42.1 Å². The number of aliphatic hydroxyl groups excluding tert-OH is 1. The van der Waals surface area contributed by atoms with Crippen LogP contribution in [0.15, 0.2) is 53.4 Å². The zero-order valence-corrected chi connectivity index (χ0v) is 16.4. The van der Waals surface area contributed by atoms with Crippen LogP contribution in [0, 0.1) is 5.41 Å². The fourth-order valence-corrected chi connectivity index (χ4v) is 5.56. The van der Waals surface area contributed by atoms with E-state index in [-0.39, 0.29) is 11.3 Å². The molecule has 4 heteroatoms. The third-order valence-corrected chi connectivity index (χ3v) is 7.23. The highest BCUT2D eigenvalue weighted by atomic mass is 32.2. The van der Waals surface area contributed by atoms with Crippen LogP contribution in [0.2, 0.25) is 0 Å². The molecular weight excluding hydrogens is 342 g/mol. The Kier molecular flexibility index (Phi) is 6.28. The highest BCUT2D eigenvalue weighted by Crippen LogP contribution is 2.51. The summed E-state index contributed by atoms with van der Waals surface area (Å²) in [5.74, 6) is 0.832. The molecular formula is C22H29NO2S. The molecule has 0 fully saturated rings. The number of unbranched alkanes of at least 4 members (excludes halogenated alkanes) is 1. The smallest absolute Gasteiger partial charge is 0.0713 e. The van der Waals surface area contributed by atoms with Crippen LogP contribution < -0.4 is 5.48 Å². The highest BCUT2D eigenvalue weighted by Gasteiger charge is 2.44. The van der Waals surface area contributed by atoms with Gasteiger partial charge >= 0.3 is 0 Å². The number of anilines is 1. The maximum absolute atomic E-state index is 11.7. The lowest BCUT2D eigenvalue weighted by Gasteiger charge is -2.39. The van der Waals surface area contributed by atoms with E-state index in [9.17, 15) is 10.3 Å². The molecule has 2 aromatic carbocycles. The second kappa shape index (κ2) is 8.47. The molecule has 140 valence electrons. The maximum Gasteiger partial charge on any atom is 0.0713 e. The number of hydrogen-bond acceptors (Lipinski definition) is 4. The average molecular weight is 372 g/mol. The normalized spacial score (nSPS) is 25.4. The fraction of sp³-hybridized carbons (Fsp3) is 0.455. The summed E-state index contributed by atoms with van der Waals surface area (Å²) in [5.41, 5.74) is 5.05. The molecule has 0 unspecified atom stereocenters. The van der Waals surface area contributed by atoms with Crippen LogP contribution in [-0.2, 0) is 0 Å². The van der Waals surface area contributed by atoms with E-state index < -0.39 is 6.10 Å². The van der Waals surface area contributed by atoms with Gasteiger partial charge < -0.3 is 5.11 Å². The molecule has 1 aliphatic rings. The number of nitrogens with one attached hydrogen (secondary N) is 1. The Labute approximate surface area is 160 Å². The summed E-state index contributed by atoms with van der Waals surface area (Å²) in [5, 5.41) is 21.0. The molecule has 0 aromatic heterocycles. The Morgan fingerprint density at radius 2 is 1.92 bits per heavy atom. The number of benzene rings is 2. The summed E-state index contributed by atoms with van der Waals surface area (Å²) in [6, 6.07) is 16.2. The predicted molar refractivity (Wildman–Crippen MR) is 109 cm³/mol. The summed E-state index contributed by atoms with van der Waals surface area (Å²) in [6.07, 6.45) is 3.82. The minimum Gasteiger partial charge on any atom is -0.392 e. The number of aliphatic hydroxyl groups is 1. The standard InChI is InChI=1S/C22H29NO2S/c1-3-5-13-22(4-2)15-26-19-12-11-17(23-25)14-18(19)20(21(22)24)16-9-7-6-8-10-16/h6-12,14,20-21,23-25H,3-5,13,15H2,1-2H3/t20-,21-,22+/m1/s1. The monoisotopic (exact) mass is 371 g/mol. The Balaban J connectivity index is 2.13. The van der Waals surface area contributed by atoms with Gasteiger partial charge in [-0.15, -0.1) is 11.8 Å². The van der Waals surface area contributed by atoms with Gasteiger partial charge in [0.2, 0.25) is 0 Å². The summed E-state index contributed by atoms with van der Waals surface area (Å²) < 4.78 is 0. The number of rotatable bonds is 6. The van der Waals surface area contributed by atoms with Crippen molar-refractivity contribution < 1.29 is 10.3 Å². The Bertz CT molecular complexity index is 721. The summed E-state index contributed by atoms with van der Waals surface area (Å²) in [7, 11) is 0. The van der Waals surface area contributed by atoms with Crippen LogP contribution in [0.4, 0.5) is 5.69 Å². The lowest BCUT2D eigenvalue weighted by atomic mass is 9.69. The van der Waals surface area contributed by atoms with Crippen molar-refractivity contribution >= 4 is 17.4 Å². The molecule has 0 aliphatic carbocycles. The average Bonchev–Trinajstić information content (AvgIpc) is 2.81. The first-order valence-corrected chi connectivity index (χ1v) is 10.5. The van der Waals surface area contributed by atoms with Gasteiger partial charge in [-0.3, -0.25) is 10.7 Å². The number of fused-ring (bicyclic) bond motifs is 1. The van der Waals surface area contributed by atoms with E-state index in [1.54, 1.807) is 0 Å². The van der Waals surface area contributed by atoms with Gasteiger partial charge in [-0.25, -0.2) is 0 Å². The van der Waals surface area contributed by atoms with Crippen molar-refractivity contribution in [3.05, 3.63) is 59.7 Å². The Morgan fingerprint density at radius 1 is 1.15 bits per heavy atom. The van der Waals surface area contributed by atoms with Crippen LogP contribution in [0.25, 0.3) is 0 Å². The van der Waals surface area contributed by atoms with E-state index in [0.717, 1.165) is 42.6 Å². The maximum atomic E-state index is 11.7. The minimum atomic E-state index is -0.454. The molecule has 0 bridgehead atoms.